The number of hydrogen-bond donors (Lipinski definition) is 0. The average Bonchev–Trinajstić information content (AvgIpc) is 2.37. The lowest BCUT2D eigenvalue weighted by Gasteiger charge is -2.19. The molecule has 6 heteroatoms. The van der Waals surface area contributed by atoms with Crippen molar-refractivity contribution in [2.24, 2.45) is 0 Å². The number of nitrogens with zero attached hydrogens (tertiary/aromatic N) is 2. The first-order valence-electron chi connectivity index (χ1n) is 6.36. The lowest BCUT2D eigenvalue weighted by Crippen LogP contribution is -2.14. The molecule has 112 valence electrons. The minimum absolute atomic E-state index is 0.0228. The molecule has 0 amide bonds. The number of alkyl halides is 2. The van der Waals surface area contributed by atoms with Gasteiger partial charge in [0.15, 0.2) is 5.82 Å². The largest absolute Gasteiger partial charge is 0.434 e. The standard InChI is InChI=1S/C15H15ClF2N2O/c1-15(2,3)11-8-12(16)20-13(19-11)9-6-4-5-7-10(9)21-14(17)18/h4-8,14H,1-3H3. The van der Waals surface area contributed by atoms with E-state index in [0.717, 1.165) is 5.69 Å². The third-order valence-electron chi connectivity index (χ3n) is 2.81. The van der Waals surface area contributed by atoms with Gasteiger partial charge >= 0.3 is 6.61 Å². The van der Waals surface area contributed by atoms with Crippen molar-refractivity contribution >= 4 is 11.6 Å². The molecular formula is C15H15ClF2N2O. The van der Waals surface area contributed by atoms with Gasteiger partial charge in [-0.1, -0.05) is 44.5 Å². The van der Waals surface area contributed by atoms with Crippen molar-refractivity contribution in [1.29, 1.82) is 0 Å². The summed E-state index contributed by atoms with van der Waals surface area (Å²) in [5.74, 6) is 0.290. The number of aromatic nitrogens is 2. The molecule has 0 aliphatic heterocycles. The van der Waals surface area contributed by atoms with Crippen molar-refractivity contribution in [1.82, 2.24) is 9.97 Å². The first-order valence-corrected chi connectivity index (χ1v) is 6.74. The molecule has 3 nitrogen and oxygen atoms in total. The van der Waals surface area contributed by atoms with E-state index < -0.39 is 6.61 Å². The van der Waals surface area contributed by atoms with Crippen molar-refractivity contribution < 1.29 is 13.5 Å². The molecule has 0 bridgehead atoms. The van der Waals surface area contributed by atoms with Crippen molar-refractivity contribution in [2.75, 3.05) is 0 Å². The highest BCUT2D eigenvalue weighted by atomic mass is 35.5. The molecule has 2 aromatic rings. The summed E-state index contributed by atoms with van der Waals surface area (Å²) in [6.45, 7) is 3.04. The van der Waals surface area contributed by atoms with E-state index in [4.69, 9.17) is 11.6 Å². The van der Waals surface area contributed by atoms with E-state index in [1.165, 1.54) is 6.07 Å². The Balaban J connectivity index is 2.54. The molecule has 0 saturated heterocycles. The predicted molar refractivity (Wildman–Crippen MR) is 77.8 cm³/mol. The number of ether oxygens (including phenoxy) is 1. The fraction of sp³-hybridized carbons (Fsp3) is 0.333. The SMILES string of the molecule is CC(C)(C)c1cc(Cl)nc(-c2ccccc2OC(F)F)n1. The Bertz CT molecular complexity index is 642. The lowest BCUT2D eigenvalue weighted by molar-refractivity contribution is -0.0494. The highest BCUT2D eigenvalue weighted by Crippen LogP contribution is 2.31. The van der Waals surface area contributed by atoms with Gasteiger partial charge in [0.25, 0.3) is 0 Å². The fourth-order valence-electron chi connectivity index (χ4n) is 1.77. The zero-order valence-corrected chi connectivity index (χ0v) is 12.7. The first-order chi connectivity index (χ1) is 9.77. The maximum Gasteiger partial charge on any atom is 0.387 e. The highest BCUT2D eigenvalue weighted by Gasteiger charge is 2.20. The van der Waals surface area contributed by atoms with Crippen LogP contribution < -0.4 is 4.74 Å². The minimum atomic E-state index is -2.91. The number of halogens is 3. The van der Waals surface area contributed by atoms with Crippen LogP contribution in [0.4, 0.5) is 8.78 Å². The van der Waals surface area contributed by atoms with Crippen LogP contribution in [-0.2, 0) is 5.41 Å². The van der Waals surface area contributed by atoms with E-state index in [2.05, 4.69) is 14.7 Å². The van der Waals surface area contributed by atoms with E-state index in [-0.39, 0.29) is 22.1 Å². The van der Waals surface area contributed by atoms with Gasteiger partial charge in [0.1, 0.15) is 10.9 Å². The summed E-state index contributed by atoms with van der Waals surface area (Å²) in [6.07, 6.45) is 0. The van der Waals surface area contributed by atoms with Crippen molar-refractivity contribution in [3.05, 3.63) is 41.2 Å². The molecule has 0 fully saturated rings. The highest BCUT2D eigenvalue weighted by molar-refractivity contribution is 6.29. The van der Waals surface area contributed by atoms with Gasteiger partial charge < -0.3 is 4.74 Å². The molecule has 2 rings (SSSR count). The molecule has 0 spiro atoms. The normalized spacial score (nSPS) is 11.8. The fourth-order valence-corrected chi connectivity index (χ4v) is 1.96. The van der Waals surface area contributed by atoms with Crippen LogP contribution in [-0.4, -0.2) is 16.6 Å². The summed E-state index contributed by atoms with van der Waals surface area (Å²) in [5.41, 5.74) is 0.870. The molecule has 0 unspecified atom stereocenters. The van der Waals surface area contributed by atoms with Gasteiger partial charge in [0, 0.05) is 5.41 Å². The monoisotopic (exact) mass is 312 g/mol. The lowest BCUT2D eigenvalue weighted by atomic mass is 9.92. The predicted octanol–water partition coefficient (Wildman–Crippen LogP) is 4.70. The van der Waals surface area contributed by atoms with E-state index in [1.54, 1.807) is 24.3 Å². The molecule has 0 atom stereocenters. The number of para-hydroxylation sites is 1. The van der Waals surface area contributed by atoms with Gasteiger partial charge in [0.2, 0.25) is 0 Å². The summed E-state index contributed by atoms with van der Waals surface area (Å²) in [4.78, 5) is 8.54. The summed E-state index contributed by atoms with van der Waals surface area (Å²) in [5, 5.41) is 0.261. The molecule has 0 saturated carbocycles. The van der Waals surface area contributed by atoms with Crippen LogP contribution in [0.15, 0.2) is 30.3 Å². The molecular weight excluding hydrogens is 298 g/mol. The van der Waals surface area contributed by atoms with Crippen LogP contribution in [0.25, 0.3) is 11.4 Å². The zero-order valence-electron chi connectivity index (χ0n) is 11.9. The zero-order chi connectivity index (χ0) is 15.6. The molecule has 0 N–H and O–H groups in total. The average molecular weight is 313 g/mol. The Morgan fingerprint density at radius 2 is 1.81 bits per heavy atom. The van der Waals surface area contributed by atoms with Crippen LogP contribution in [0.5, 0.6) is 5.75 Å². The number of hydrogen-bond acceptors (Lipinski definition) is 3. The van der Waals surface area contributed by atoms with Gasteiger partial charge in [-0.25, -0.2) is 9.97 Å². The van der Waals surface area contributed by atoms with Crippen LogP contribution in [0, 0.1) is 0 Å². The van der Waals surface area contributed by atoms with Crippen molar-refractivity contribution in [2.45, 2.75) is 32.8 Å². The molecule has 0 aliphatic rings. The molecule has 0 radical (unpaired) electrons. The van der Waals surface area contributed by atoms with Gasteiger partial charge in [-0.15, -0.1) is 0 Å². The second-order valence-corrected chi connectivity index (χ2v) is 5.91. The van der Waals surface area contributed by atoms with E-state index >= 15 is 0 Å². The summed E-state index contributed by atoms with van der Waals surface area (Å²) < 4.78 is 29.5. The maximum absolute atomic E-state index is 12.5. The smallest absolute Gasteiger partial charge is 0.387 e. The quantitative estimate of drug-likeness (QED) is 0.771. The molecule has 1 aromatic carbocycles. The van der Waals surface area contributed by atoms with Crippen LogP contribution in [0.2, 0.25) is 5.15 Å². The van der Waals surface area contributed by atoms with Gasteiger partial charge in [0.05, 0.1) is 11.3 Å². The van der Waals surface area contributed by atoms with E-state index in [9.17, 15) is 8.78 Å². The van der Waals surface area contributed by atoms with Gasteiger partial charge in [-0.2, -0.15) is 8.78 Å². The Hall–Kier alpha value is -1.75. The van der Waals surface area contributed by atoms with E-state index in [1.807, 2.05) is 20.8 Å². The van der Waals surface area contributed by atoms with E-state index in [0.29, 0.717) is 5.56 Å². The number of rotatable bonds is 3. The summed E-state index contributed by atoms with van der Waals surface area (Å²) in [7, 11) is 0. The van der Waals surface area contributed by atoms with Gasteiger partial charge in [-0.05, 0) is 18.2 Å². The number of benzene rings is 1. The maximum atomic E-state index is 12.5. The summed E-state index contributed by atoms with van der Waals surface area (Å²) in [6, 6.07) is 8.05. The Morgan fingerprint density at radius 1 is 1.14 bits per heavy atom. The molecule has 21 heavy (non-hydrogen) atoms. The van der Waals surface area contributed by atoms with Crippen molar-refractivity contribution in [3.8, 4) is 17.1 Å². The topological polar surface area (TPSA) is 35.0 Å². The Labute approximate surface area is 127 Å². The molecule has 1 heterocycles. The molecule has 0 aliphatic carbocycles. The molecule has 1 aromatic heterocycles. The van der Waals surface area contributed by atoms with Gasteiger partial charge in [-0.3, -0.25) is 0 Å². The second-order valence-electron chi connectivity index (χ2n) is 5.52. The van der Waals surface area contributed by atoms with Crippen LogP contribution >= 0.6 is 11.6 Å². The van der Waals surface area contributed by atoms with Crippen LogP contribution in [0.1, 0.15) is 26.5 Å². The third-order valence-corrected chi connectivity index (χ3v) is 3.00. The first kappa shape index (κ1) is 15.6. The van der Waals surface area contributed by atoms with Crippen molar-refractivity contribution in [3.63, 3.8) is 0 Å². The summed E-state index contributed by atoms with van der Waals surface area (Å²) >= 11 is 6.02. The third kappa shape index (κ3) is 3.88. The minimum Gasteiger partial charge on any atom is -0.434 e. The van der Waals surface area contributed by atoms with Crippen LogP contribution in [0.3, 0.4) is 0 Å². The Morgan fingerprint density at radius 3 is 2.43 bits per heavy atom. The Kier molecular flexibility index (Phi) is 4.42. The second kappa shape index (κ2) is 5.93.